The first-order valence-corrected chi connectivity index (χ1v) is 21.6. The van der Waals surface area contributed by atoms with E-state index in [4.69, 9.17) is 18.9 Å². The van der Waals surface area contributed by atoms with Crippen LogP contribution >= 0.6 is 23.5 Å². The van der Waals surface area contributed by atoms with Gasteiger partial charge in [-0.05, 0) is 159 Å². The molecular weight excluding hydrogens is 665 g/mol. The van der Waals surface area contributed by atoms with Crippen molar-refractivity contribution in [3.8, 4) is 11.5 Å². The van der Waals surface area contributed by atoms with Crippen LogP contribution < -0.4 is 4.74 Å². The number of ether oxygens (including phenoxy) is 4. The minimum atomic E-state index is -0.300. The topological polar surface area (TPSA) is 74.2 Å². The molecule has 272 valence electrons. The lowest BCUT2D eigenvalue weighted by Gasteiger charge is -2.52. The highest BCUT2D eigenvalue weighted by molar-refractivity contribution is 7.99. The lowest BCUT2D eigenvalue weighted by Crippen LogP contribution is -2.51. The number of hydrogen-bond acceptors (Lipinski definition) is 8. The van der Waals surface area contributed by atoms with Crippen LogP contribution in [-0.2, 0) is 31.8 Å². The van der Waals surface area contributed by atoms with Crippen molar-refractivity contribution >= 4 is 29.3 Å². The summed E-state index contributed by atoms with van der Waals surface area (Å²) in [6.45, 7) is 6.52. The molecule has 1 spiro atoms. The van der Waals surface area contributed by atoms with E-state index in [2.05, 4.69) is 38.3 Å². The summed E-state index contributed by atoms with van der Waals surface area (Å²) in [5, 5.41) is 10.1. The Labute approximate surface area is 307 Å². The van der Waals surface area contributed by atoms with Crippen LogP contribution in [0.2, 0.25) is 0 Å². The van der Waals surface area contributed by atoms with Gasteiger partial charge in [0, 0.05) is 40.6 Å². The average Bonchev–Trinajstić information content (AvgIpc) is 3.82. The molecule has 6 aliphatic carbocycles. The fourth-order valence-electron chi connectivity index (χ4n) is 12.4. The van der Waals surface area contributed by atoms with Gasteiger partial charge in [-0.3, -0.25) is 4.79 Å². The van der Waals surface area contributed by atoms with Gasteiger partial charge in [0.1, 0.15) is 17.3 Å². The third-order valence-corrected chi connectivity index (χ3v) is 16.4. The third kappa shape index (κ3) is 5.51. The number of aromatic hydroxyl groups is 1. The van der Waals surface area contributed by atoms with Crippen LogP contribution in [0.1, 0.15) is 112 Å². The third-order valence-electron chi connectivity index (χ3n) is 14.9. The van der Waals surface area contributed by atoms with E-state index in [1.54, 1.807) is 36.2 Å². The molecule has 8 heteroatoms. The number of methoxy groups -OCH3 is 1. The van der Waals surface area contributed by atoms with Gasteiger partial charge in [-0.2, -0.15) is 0 Å². The van der Waals surface area contributed by atoms with E-state index in [-0.39, 0.29) is 16.6 Å². The van der Waals surface area contributed by atoms with Gasteiger partial charge < -0.3 is 24.1 Å². The summed E-state index contributed by atoms with van der Waals surface area (Å²) in [5.41, 5.74) is 5.98. The minimum absolute atomic E-state index is 0.0437. The quantitative estimate of drug-likeness (QED) is 0.242. The van der Waals surface area contributed by atoms with Gasteiger partial charge in [-0.25, -0.2) is 0 Å². The molecule has 8 atom stereocenters. The average molecular weight is 721 g/mol. The second-order valence-corrected chi connectivity index (χ2v) is 18.4. The molecule has 4 saturated carbocycles. The van der Waals surface area contributed by atoms with Gasteiger partial charge in [-0.1, -0.05) is 13.8 Å². The van der Waals surface area contributed by atoms with E-state index in [1.165, 1.54) is 53.7 Å². The summed E-state index contributed by atoms with van der Waals surface area (Å²) in [4.78, 5) is 14.6. The van der Waals surface area contributed by atoms with Crippen molar-refractivity contribution in [2.24, 2.45) is 34.5 Å². The minimum Gasteiger partial charge on any atom is -0.507 e. The zero-order valence-corrected chi connectivity index (χ0v) is 32.3. The molecule has 1 N–H and O–H groups in total. The van der Waals surface area contributed by atoms with E-state index in [0.717, 1.165) is 74.7 Å². The number of Topliss-reactive ketones (excluding diaryl/α,β-unsaturated/α-hetero) is 1. The maximum absolute atomic E-state index is 12.4. The van der Waals surface area contributed by atoms with Gasteiger partial charge >= 0.3 is 0 Å². The van der Waals surface area contributed by atoms with Crippen LogP contribution in [0.5, 0.6) is 11.5 Å². The van der Waals surface area contributed by atoms with E-state index >= 15 is 0 Å². The van der Waals surface area contributed by atoms with Crippen LogP contribution in [0.4, 0.5) is 0 Å². The Kier molecular flexibility index (Phi) is 9.62. The number of phenolic OH excluding ortho intramolecular Hbond substituents is 1. The Morgan fingerprint density at radius 3 is 2.10 bits per heavy atom. The number of thioether (sulfide) groups is 2. The molecule has 1 aliphatic heterocycles. The van der Waals surface area contributed by atoms with Crippen molar-refractivity contribution in [3.05, 3.63) is 46.5 Å². The highest BCUT2D eigenvalue weighted by Gasteiger charge is 2.65. The second-order valence-electron chi connectivity index (χ2n) is 16.7. The zero-order chi connectivity index (χ0) is 34.8. The van der Waals surface area contributed by atoms with Gasteiger partial charge in [-0.15, -0.1) is 23.5 Å². The van der Waals surface area contributed by atoms with E-state index in [1.807, 2.05) is 12.3 Å². The zero-order valence-electron chi connectivity index (χ0n) is 30.7. The summed E-state index contributed by atoms with van der Waals surface area (Å²) in [6.07, 6.45) is 17.7. The molecule has 6 unspecified atom stereocenters. The number of rotatable bonds is 5. The Balaban J connectivity index is 0.000000149. The molecule has 0 bridgehead atoms. The van der Waals surface area contributed by atoms with Crippen LogP contribution in [0.3, 0.4) is 0 Å². The first kappa shape index (κ1) is 35.3. The van der Waals surface area contributed by atoms with Crippen molar-refractivity contribution in [1.29, 1.82) is 0 Å². The Morgan fingerprint density at radius 1 is 0.780 bits per heavy atom. The van der Waals surface area contributed by atoms with Crippen molar-refractivity contribution in [2.75, 3.05) is 39.6 Å². The molecule has 1 saturated heterocycles. The van der Waals surface area contributed by atoms with Gasteiger partial charge in [0.25, 0.3) is 0 Å². The van der Waals surface area contributed by atoms with Crippen LogP contribution in [0.25, 0.3) is 0 Å². The molecule has 6 nitrogen and oxygen atoms in total. The van der Waals surface area contributed by atoms with Crippen molar-refractivity contribution in [3.63, 3.8) is 0 Å². The molecule has 9 rings (SSSR count). The standard InChI is InChI=1S/C23H32O4S.C19H24O2S/c1-22-8-6-16-17(19(22)7-9-23(22)26-10-11-27-23)5-4-15-12-20(25-14-24-2)21(28-3)13-18(15)16;1-19-8-7-12-13(15(19)5-6-18(19)21)4-3-11-9-16(20)17(22-2)10-14(11)12/h12-13,16-17,19H,4-11,14H2,1-3H3;9-10,12-13,15,20H,3-8H2,1-2H3/t16?,17?,19?,22-;12?,13?,15?,19-/m00/s1. The SMILES string of the molecule is COCOc1cc2c(cc1SC)C1CC[C@@]3(C)C(CCC34OCCO4)C1CC2.CSc1cc2c(cc1O)CCC1C2CC[C@]2(C)C(=O)CCC12. The fraction of sp³-hybridized carbons (Fsp3) is 0.690. The molecule has 0 radical (unpaired) electrons. The van der Waals surface area contributed by atoms with Crippen molar-refractivity contribution in [2.45, 2.75) is 118 Å². The molecule has 2 aromatic rings. The number of hydrogen-bond donors (Lipinski definition) is 1. The van der Waals surface area contributed by atoms with E-state index in [0.29, 0.717) is 47.9 Å². The number of carbonyl (C=O) groups excluding carboxylic acids is 1. The summed E-state index contributed by atoms with van der Waals surface area (Å²) < 4.78 is 23.5. The summed E-state index contributed by atoms with van der Waals surface area (Å²) in [6, 6.07) is 8.91. The number of fused-ring (bicyclic) bond motifs is 11. The second kappa shape index (κ2) is 13.6. The van der Waals surface area contributed by atoms with E-state index in [9.17, 15) is 9.90 Å². The maximum atomic E-state index is 12.4. The highest BCUT2D eigenvalue weighted by Crippen LogP contribution is 2.66. The first-order valence-electron chi connectivity index (χ1n) is 19.2. The molecule has 0 amide bonds. The van der Waals surface area contributed by atoms with Crippen molar-refractivity contribution in [1.82, 2.24) is 0 Å². The predicted octanol–water partition coefficient (Wildman–Crippen LogP) is 9.53. The molecule has 7 aliphatic rings. The van der Waals surface area contributed by atoms with Gasteiger partial charge in [0.15, 0.2) is 12.6 Å². The summed E-state index contributed by atoms with van der Waals surface area (Å²) in [5.74, 6) is 5.58. The number of phenols is 1. The summed E-state index contributed by atoms with van der Waals surface area (Å²) >= 11 is 3.39. The maximum Gasteiger partial charge on any atom is 0.188 e. The van der Waals surface area contributed by atoms with Gasteiger partial charge in [0.05, 0.1) is 13.2 Å². The smallest absolute Gasteiger partial charge is 0.188 e. The number of aryl methyl sites for hydroxylation is 2. The van der Waals surface area contributed by atoms with Crippen molar-refractivity contribution < 1.29 is 28.8 Å². The molecule has 2 aromatic carbocycles. The van der Waals surface area contributed by atoms with Crippen LogP contribution in [0.15, 0.2) is 34.1 Å². The highest BCUT2D eigenvalue weighted by atomic mass is 32.2. The lowest BCUT2D eigenvalue weighted by atomic mass is 9.55. The largest absolute Gasteiger partial charge is 0.507 e. The molecule has 0 aromatic heterocycles. The molecular formula is C42H56O6S2. The fourth-order valence-corrected chi connectivity index (χ4v) is 13.5. The summed E-state index contributed by atoms with van der Waals surface area (Å²) in [7, 11) is 1.67. The number of carbonyl (C=O) groups is 1. The predicted molar refractivity (Wildman–Crippen MR) is 199 cm³/mol. The molecule has 50 heavy (non-hydrogen) atoms. The lowest BCUT2D eigenvalue weighted by molar-refractivity contribution is -0.237. The van der Waals surface area contributed by atoms with Crippen LogP contribution in [-0.4, -0.2) is 56.3 Å². The Morgan fingerprint density at radius 2 is 1.42 bits per heavy atom. The number of benzene rings is 2. The molecule has 1 heterocycles. The first-order chi connectivity index (χ1) is 24.2. The Bertz CT molecular complexity index is 1620. The normalized spacial score (nSPS) is 36.0. The van der Waals surface area contributed by atoms with E-state index < -0.39 is 0 Å². The van der Waals surface area contributed by atoms with Crippen LogP contribution in [0, 0.1) is 34.5 Å². The number of ketones is 1. The van der Waals surface area contributed by atoms with Gasteiger partial charge in [0.2, 0.25) is 0 Å². The Hall–Kier alpha value is -1.71. The molecule has 5 fully saturated rings. The monoisotopic (exact) mass is 720 g/mol.